The van der Waals surface area contributed by atoms with Crippen LogP contribution in [0.25, 0.3) is 0 Å². The second-order valence-corrected chi connectivity index (χ2v) is 5.85. The summed E-state index contributed by atoms with van der Waals surface area (Å²) in [5, 5.41) is 18.7. The van der Waals surface area contributed by atoms with Crippen LogP contribution >= 0.6 is 0 Å². The lowest BCUT2D eigenvalue weighted by molar-refractivity contribution is -0.139. The lowest BCUT2D eigenvalue weighted by atomic mass is 10.1. The van der Waals surface area contributed by atoms with Crippen LogP contribution in [0.5, 0.6) is 5.75 Å². The summed E-state index contributed by atoms with van der Waals surface area (Å²) in [6.45, 7) is -0.108. The minimum Gasteiger partial charge on any atom is -0.482 e. The van der Waals surface area contributed by atoms with Crippen molar-refractivity contribution in [3.05, 3.63) is 65.5 Å². The molecule has 0 aliphatic heterocycles. The van der Waals surface area contributed by atoms with Crippen LogP contribution in [0.4, 0.5) is 4.39 Å². The Balaban J connectivity index is 1.89. The highest BCUT2D eigenvalue weighted by Crippen LogP contribution is 2.19. The van der Waals surface area contributed by atoms with Gasteiger partial charge in [0.25, 0.3) is 0 Å². The number of carboxylic acids is 1. The number of hydrogen-bond donors (Lipinski definition) is 2. The summed E-state index contributed by atoms with van der Waals surface area (Å²) >= 11 is 0. The van der Waals surface area contributed by atoms with Crippen molar-refractivity contribution in [2.75, 3.05) is 13.7 Å². The van der Waals surface area contributed by atoms with Crippen LogP contribution in [0, 0.1) is 5.82 Å². The van der Waals surface area contributed by atoms with Gasteiger partial charge in [0.15, 0.2) is 6.61 Å². The smallest absolute Gasteiger partial charge is 0.341 e. The molecule has 0 aliphatic rings. The van der Waals surface area contributed by atoms with Gasteiger partial charge in [-0.25, -0.2) is 9.18 Å². The van der Waals surface area contributed by atoms with Crippen LogP contribution in [0.3, 0.4) is 0 Å². The average Bonchev–Trinajstić information content (AvgIpc) is 2.61. The molecule has 0 aromatic heterocycles. The van der Waals surface area contributed by atoms with Gasteiger partial charge in [-0.05, 0) is 35.4 Å². The number of amides is 1. The van der Waals surface area contributed by atoms with Crippen molar-refractivity contribution in [2.24, 2.45) is 0 Å². The molecule has 2 rings (SSSR count). The zero-order valence-electron chi connectivity index (χ0n) is 14.3. The monoisotopic (exact) mass is 361 g/mol. The molecule has 0 heterocycles. The van der Waals surface area contributed by atoms with E-state index in [1.54, 1.807) is 37.4 Å². The molecule has 0 radical (unpaired) electrons. The molecule has 2 aromatic carbocycles. The number of nitrogens with zero attached hydrogens (tertiary/aromatic N) is 1. The van der Waals surface area contributed by atoms with E-state index < -0.39 is 24.5 Å². The largest absolute Gasteiger partial charge is 0.482 e. The molecular formula is C19H20FNO5. The van der Waals surface area contributed by atoms with E-state index >= 15 is 0 Å². The fourth-order valence-corrected chi connectivity index (χ4v) is 2.35. The lowest BCUT2D eigenvalue weighted by Crippen LogP contribution is -2.27. The van der Waals surface area contributed by atoms with Gasteiger partial charge >= 0.3 is 5.97 Å². The van der Waals surface area contributed by atoms with E-state index in [2.05, 4.69) is 0 Å². The number of halogens is 1. The highest BCUT2D eigenvalue weighted by atomic mass is 19.1. The van der Waals surface area contributed by atoms with Crippen molar-refractivity contribution in [2.45, 2.75) is 19.1 Å². The second kappa shape index (κ2) is 8.96. The van der Waals surface area contributed by atoms with E-state index in [1.165, 1.54) is 23.1 Å². The standard InChI is InChI=1S/C19H20FNO5/c1-21(11-13-5-7-16(8-6-13)26-12-19(24)25)18(23)10-17(22)14-3-2-4-15(20)9-14/h2-9,17,22H,10-12H2,1H3,(H,24,25). The third kappa shape index (κ3) is 5.86. The number of carbonyl (C=O) groups is 2. The van der Waals surface area contributed by atoms with Crippen molar-refractivity contribution in [1.29, 1.82) is 0 Å². The minimum absolute atomic E-state index is 0.153. The predicted molar refractivity (Wildman–Crippen MR) is 92.0 cm³/mol. The van der Waals surface area contributed by atoms with Crippen LogP contribution in [0.15, 0.2) is 48.5 Å². The Hall–Kier alpha value is -2.93. The van der Waals surface area contributed by atoms with Gasteiger partial charge in [-0.15, -0.1) is 0 Å². The molecule has 138 valence electrons. The quantitative estimate of drug-likeness (QED) is 0.754. The Labute approximate surface area is 150 Å². The van der Waals surface area contributed by atoms with Crippen LogP contribution in [-0.4, -0.2) is 40.6 Å². The highest BCUT2D eigenvalue weighted by Gasteiger charge is 2.17. The Morgan fingerprint density at radius 3 is 2.50 bits per heavy atom. The molecule has 0 aliphatic carbocycles. The van der Waals surface area contributed by atoms with E-state index in [0.29, 0.717) is 17.9 Å². The van der Waals surface area contributed by atoms with Crippen LogP contribution in [-0.2, 0) is 16.1 Å². The first-order valence-electron chi connectivity index (χ1n) is 7.96. The SMILES string of the molecule is CN(Cc1ccc(OCC(=O)O)cc1)C(=O)CC(O)c1cccc(F)c1. The predicted octanol–water partition coefficient (Wildman–Crippen LogP) is 2.37. The molecule has 1 unspecified atom stereocenters. The fourth-order valence-electron chi connectivity index (χ4n) is 2.35. The summed E-state index contributed by atoms with van der Waals surface area (Å²) in [5.41, 5.74) is 1.18. The van der Waals surface area contributed by atoms with Crippen LogP contribution in [0.2, 0.25) is 0 Å². The van der Waals surface area contributed by atoms with Gasteiger partial charge in [-0.2, -0.15) is 0 Å². The Bertz CT molecular complexity index is 763. The fraction of sp³-hybridized carbons (Fsp3) is 0.263. The second-order valence-electron chi connectivity index (χ2n) is 5.85. The molecular weight excluding hydrogens is 341 g/mol. The van der Waals surface area contributed by atoms with E-state index in [9.17, 15) is 19.1 Å². The first-order chi connectivity index (χ1) is 12.3. The number of aliphatic carboxylic acids is 1. The molecule has 0 bridgehead atoms. The van der Waals surface area contributed by atoms with Crippen molar-refractivity contribution in [1.82, 2.24) is 4.90 Å². The van der Waals surface area contributed by atoms with E-state index in [-0.39, 0.29) is 12.3 Å². The number of aliphatic hydroxyl groups is 1. The summed E-state index contributed by atoms with van der Waals surface area (Å²) < 4.78 is 18.2. The molecule has 0 fully saturated rings. The number of carboxylic acid groups (broad SMARTS) is 1. The van der Waals surface area contributed by atoms with E-state index in [4.69, 9.17) is 9.84 Å². The molecule has 2 aromatic rings. The summed E-state index contributed by atoms with van der Waals surface area (Å²) in [6.07, 6.45) is -1.23. The molecule has 0 saturated carbocycles. The molecule has 1 atom stereocenters. The van der Waals surface area contributed by atoms with Crippen molar-refractivity contribution >= 4 is 11.9 Å². The summed E-state index contributed by atoms with van der Waals surface area (Å²) in [4.78, 5) is 24.2. The van der Waals surface area contributed by atoms with Crippen LogP contribution < -0.4 is 4.74 Å². The minimum atomic E-state index is -1.08. The lowest BCUT2D eigenvalue weighted by Gasteiger charge is -2.19. The maximum absolute atomic E-state index is 13.2. The molecule has 7 heteroatoms. The van der Waals surface area contributed by atoms with Gasteiger partial charge in [0.1, 0.15) is 11.6 Å². The zero-order valence-corrected chi connectivity index (χ0v) is 14.3. The third-order valence-corrected chi connectivity index (χ3v) is 3.73. The van der Waals surface area contributed by atoms with E-state index in [1.807, 2.05) is 0 Å². The summed E-state index contributed by atoms with van der Waals surface area (Å²) in [7, 11) is 1.61. The van der Waals surface area contributed by atoms with Gasteiger partial charge in [-0.3, -0.25) is 4.79 Å². The zero-order chi connectivity index (χ0) is 19.1. The van der Waals surface area contributed by atoms with Gasteiger partial charge in [-0.1, -0.05) is 24.3 Å². The average molecular weight is 361 g/mol. The molecule has 2 N–H and O–H groups in total. The van der Waals surface area contributed by atoms with Crippen LogP contribution in [0.1, 0.15) is 23.7 Å². The number of rotatable bonds is 8. The van der Waals surface area contributed by atoms with Gasteiger partial charge in [0.05, 0.1) is 12.5 Å². The number of carbonyl (C=O) groups excluding carboxylic acids is 1. The van der Waals surface area contributed by atoms with E-state index in [0.717, 1.165) is 5.56 Å². The Kier molecular flexibility index (Phi) is 6.68. The highest BCUT2D eigenvalue weighted by molar-refractivity contribution is 5.76. The summed E-state index contributed by atoms with van der Waals surface area (Å²) in [6, 6.07) is 12.2. The Morgan fingerprint density at radius 2 is 1.88 bits per heavy atom. The topological polar surface area (TPSA) is 87.1 Å². The Morgan fingerprint density at radius 1 is 1.19 bits per heavy atom. The number of aliphatic hydroxyl groups excluding tert-OH is 1. The van der Waals surface area contributed by atoms with Gasteiger partial charge in [0.2, 0.25) is 5.91 Å². The van der Waals surface area contributed by atoms with Crippen molar-refractivity contribution in [3.8, 4) is 5.75 Å². The summed E-state index contributed by atoms with van der Waals surface area (Å²) in [5.74, 6) is -1.39. The molecule has 1 amide bonds. The van der Waals surface area contributed by atoms with Gasteiger partial charge in [0, 0.05) is 13.6 Å². The molecule has 26 heavy (non-hydrogen) atoms. The molecule has 0 saturated heterocycles. The maximum atomic E-state index is 13.2. The number of benzene rings is 2. The first kappa shape index (κ1) is 19.4. The molecule has 6 nitrogen and oxygen atoms in total. The number of hydrogen-bond acceptors (Lipinski definition) is 4. The normalized spacial score (nSPS) is 11.7. The third-order valence-electron chi connectivity index (χ3n) is 3.73. The number of ether oxygens (including phenoxy) is 1. The van der Waals surface area contributed by atoms with Crippen molar-refractivity contribution in [3.63, 3.8) is 0 Å². The van der Waals surface area contributed by atoms with Gasteiger partial charge < -0.3 is 19.8 Å². The molecule has 0 spiro atoms. The first-order valence-corrected chi connectivity index (χ1v) is 7.96. The van der Waals surface area contributed by atoms with Crippen molar-refractivity contribution < 1.29 is 28.9 Å². The maximum Gasteiger partial charge on any atom is 0.341 e.